The molecule has 1 saturated carbocycles. The lowest BCUT2D eigenvalue weighted by molar-refractivity contribution is 0.0298. The van der Waals surface area contributed by atoms with Gasteiger partial charge >= 0.3 is 0 Å². The second kappa shape index (κ2) is 7.37. The van der Waals surface area contributed by atoms with Crippen LogP contribution in [0.3, 0.4) is 0 Å². The van der Waals surface area contributed by atoms with E-state index in [1.165, 1.54) is 6.07 Å². The lowest BCUT2D eigenvalue weighted by Gasteiger charge is -2.23. The average molecular weight is 337 g/mol. The number of nitriles is 1. The number of hydrogen-bond acceptors (Lipinski definition) is 2. The van der Waals surface area contributed by atoms with Crippen molar-refractivity contribution in [1.82, 2.24) is 0 Å². The Morgan fingerprint density at radius 3 is 2.56 bits per heavy atom. The average Bonchev–Trinajstić information content (AvgIpc) is 3.06. The highest BCUT2D eigenvalue weighted by molar-refractivity contribution is 5.24. The molecule has 0 N–H and O–H groups in total. The maximum absolute atomic E-state index is 13.7. The summed E-state index contributed by atoms with van der Waals surface area (Å²) in [5, 5.41) is 9.50. The number of ether oxygens (including phenoxy) is 1. The lowest BCUT2D eigenvalue weighted by atomic mass is 9.78. The van der Waals surface area contributed by atoms with E-state index in [0.717, 1.165) is 24.0 Å². The van der Waals surface area contributed by atoms with Crippen LogP contribution >= 0.6 is 0 Å². The quantitative estimate of drug-likeness (QED) is 0.726. The Hall–Kier alpha value is -2.18. The molecule has 0 aromatic heterocycles. The van der Waals surface area contributed by atoms with Gasteiger partial charge in [0.05, 0.1) is 24.2 Å². The van der Waals surface area contributed by atoms with Gasteiger partial charge in [0.2, 0.25) is 0 Å². The maximum atomic E-state index is 13.7. The molecule has 2 nitrogen and oxygen atoms in total. The van der Waals surface area contributed by atoms with Gasteiger partial charge in [0, 0.05) is 5.92 Å². The van der Waals surface area contributed by atoms with Crippen molar-refractivity contribution in [3.8, 4) is 6.07 Å². The fraction of sp³-hybridized carbons (Fsp3) is 0.409. The summed E-state index contributed by atoms with van der Waals surface area (Å²) in [6.07, 6.45) is 1.68. The zero-order valence-corrected chi connectivity index (χ0v) is 14.8. The van der Waals surface area contributed by atoms with Crippen molar-refractivity contribution in [3.05, 3.63) is 71.5 Å². The third-order valence-corrected chi connectivity index (χ3v) is 5.40. The number of rotatable bonds is 5. The minimum absolute atomic E-state index is 0.000342. The third-order valence-electron chi connectivity index (χ3n) is 5.40. The first kappa shape index (κ1) is 17.6. The molecule has 0 radical (unpaired) electrons. The van der Waals surface area contributed by atoms with Crippen molar-refractivity contribution in [1.29, 1.82) is 5.26 Å². The minimum atomic E-state index is -0.406. The van der Waals surface area contributed by atoms with Gasteiger partial charge in [-0.2, -0.15) is 5.26 Å². The van der Waals surface area contributed by atoms with Gasteiger partial charge in [-0.25, -0.2) is 4.39 Å². The summed E-state index contributed by atoms with van der Waals surface area (Å²) in [7, 11) is 0. The van der Waals surface area contributed by atoms with Crippen LogP contribution in [0.1, 0.15) is 43.7 Å². The first-order valence-electron chi connectivity index (χ1n) is 8.82. The Labute approximate surface area is 149 Å². The Morgan fingerprint density at radius 2 is 1.88 bits per heavy atom. The molecule has 2 aromatic carbocycles. The monoisotopic (exact) mass is 337 g/mol. The maximum Gasteiger partial charge on any atom is 0.123 e. The number of hydrogen-bond donors (Lipinski definition) is 0. The second-order valence-corrected chi connectivity index (χ2v) is 7.50. The molecule has 1 fully saturated rings. The topological polar surface area (TPSA) is 33.0 Å². The first-order valence-corrected chi connectivity index (χ1v) is 8.82. The number of halogens is 1. The van der Waals surface area contributed by atoms with Crippen LogP contribution in [0.2, 0.25) is 0 Å². The van der Waals surface area contributed by atoms with E-state index in [2.05, 4.69) is 6.07 Å². The van der Waals surface area contributed by atoms with E-state index in [4.69, 9.17) is 4.74 Å². The largest absolute Gasteiger partial charge is 0.373 e. The van der Waals surface area contributed by atoms with Gasteiger partial charge in [-0.1, -0.05) is 42.5 Å². The summed E-state index contributed by atoms with van der Waals surface area (Å²) >= 11 is 0. The fourth-order valence-corrected chi connectivity index (χ4v) is 3.73. The summed E-state index contributed by atoms with van der Waals surface area (Å²) in [6, 6.07) is 19.3. The van der Waals surface area contributed by atoms with Crippen molar-refractivity contribution in [2.24, 2.45) is 11.3 Å². The van der Waals surface area contributed by atoms with E-state index in [9.17, 15) is 9.65 Å². The van der Waals surface area contributed by atoms with Crippen LogP contribution in [0, 0.1) is 28.5 Å². The molecular formula is C22H24FNO. The SMILES string of the molecule is CC(C)(C#N)[C@@H]1C[C@H](c2cccc(F)c2)[C@H](OCc2ccccc2)C1. The summed E-state index contributed by atoms with van der Waals surface area (Å²) in [4.78, 5) is 0. The van der Waals surface area contributed by atoms with Crippen molar-refractivity contribution in [2.45, 2.75) is 45.3 Å². The summed E-state index contributed by atoms with van der Waals surface area (Å²) in [5.74, 6) is 0.144. The molecule has 130 valence electrons. The van der Waals surface area contributed by atoms with Gasteiger partial charge in [-0.3, -0.25) is 0 Å². The van der Waals surface area contributed by atoms with Gasteiger partial charge in [0.1, 0.15) is 5.82 Å². The Morgan fingerprint density at radius 1 is 1.12 bits per heavy atom. The number of benzene rings is 2. The highest BCUT2D eigenvalue weighted by Crippen LogP contribution is 2.47. The summed E-state index contributed by atoms with van der Waals surface area (Å²) < 4.78 is 19.9. The summed E-state index contributed by atoms with van der Waals surface area (Å²) in [5.41, 5.74) is 1.69. The van der Waals surface area contributed by atoms with Crippen LogP contribution in [0.4, 0.5) is 4.39 Å². The van der Waals surface area contributed by atoms with Crippen molar-refractivity contribution in [2.75, 3.05) is 0 Å². The van der Waals surface area contributed by atoms with E-state index < -0.39 is 5.41 Å². The van der Waals surface area contributed by atoms with Crippen LogP contribution in [0.25, 0.3) is 0 Å². The van der Waals surface area contributed by atoms with Crippen LogP contribution < -0.4 is 0 Å². The van der Waals surface area contributed by atoms with Gasteiger partial charge in [0.15, 0.2) is 0 Å². The molecule has 0 bridgehead atoms. The summed E-state index contributed by atoms with van der Waals surface area (Å²) in [6.45, 7) is 4.51. The van der Waals surface area contributed by atoms with Crippen LogP contribution in [0.5, 0.6) is 0 Å². The fourth-order valence-electron chi connectivity index (χ4n) is 3.73. The molecule has 0 amide bonds. The Kier molecular flexibility index (Phi) is 5.20. The van der Waals surface area contributed by atoms with Gasteiger partial charge in [-0.05, 0) is 55.9 Å². The van der Waals surface area contributed by atoms with Crippen molar-refractivity contribution < 1.29 is 9.13 Å². The molecule has 1 aliphatic carbocycles. The molecule has 0 unspecified atom stereocenters. The highest BCUT2D eigenvalue weighted by atomic mass is 19.1. The third kappa shape index (κ3) is 4.08. The normalized spacial score (nSPS) is 23.4. The van der Waals surface area contributed by atoms with Gasteiger partial charge in [-0.15, -0.1) is 0 Å². The molecule has 0 spiro atoms. The molecular weight excluding hydrogens is 313 g/mol. The smallest absolute Gasteiger partial charge is 0.123 e. The zero-order valence-electron chi connectivity index (χ0n) is 14.8. The molecule has 0 heterocycles. The molecule has 1 aliphatic rings. The molecule has 3 heteroatoms. The van der Waals surface area contributed by atoms with Gasteiger partial charge < -0.3 is 4.74 Å². The Balaban J connectivity index is 1.80. The highest BCUT2D eigenvalue weighted by Gasteiger charge is 2.43. The second-order valence-electron chi connectivity index (χ2n) is 7.50. The predicted octanol–water partition coefficient (Wildman–Crippen LogP) is 5.45. The molecule has 3 rings (SSSR count). The number of nitrogens with zero attached hydrogens (tertiary/aromatic N) is 1. The zero-order chi connectivity index (χ0) is 17.9. The Bertz CT molecular complexity index is 750. The minimum Gasteiger partial charge on any atom is -0.373 e. The van der Waals surface area contributed by atoms with E-state index >= 15 is 0 Å². The van der Waals surface area contributed by atoms with E-state index in [0.29, 0.717) is 6.61 Å². The van der Waals surface area contributed by atoms with E-state index in [1.807, 2.05) is 50.2 Å². The standard InChI is InChI=1S/C22H24FNO/c1-22(2,15-24)18-12-20(17-9-6-10-19(23)11-17)21(13-18)25-14-16-7-4-3-5-8-16/h3-11,18,20-21H,12-14H2,1-2H3/t18-,20-,21-/m1/s1. The predicted molar refractivity (Wildman–Crippen MR) is 96.3 cm³/mol. The van der Waals surface area contributed by atoms with Crippen LogP contribution in [-0.2, 0) is 11.3 Å². The molecule has 3 atom stereocenters. The van der Waals surface area contributed by atoms with Crippen molar-refractivity contribution in [3.63, 3.8) is 0 Å². The van der Waals surface area contributed by atoms with E-state index in [1.54, 1.807) is 12.1 Å². The molecule has 25 heavy (non-hydrogen) atoms. The van der Waals surface area contributed by atoms with Gasteiger partial charge in [0.25, 0.3) is 0 Å². The van der Waals surface area contributed by atoms with Crippen LogP contribution in [-0.4, -0.2) is 6.10 Å². The van der Waals surface area contributed by atoms with Crippen molar-refractivity contribution >= 4 is 0 Å². The molecule has 2 aromatic rings. The molecule has 0 saturated heterocycles. The first-order chi connectivity index (χ1) is 12.0. The van der Waals surface area contributed by atoms with Crippen LogP contribution in [0.15, 0.2) is 54.6 Å². The lowest BCUT2D eigenvalue weighted by Crippen LogP contribution is -2.21. The molecule has 0 aliphatic heterocycles. The van der Waals surface area contributed by atoms with E-state index in [-0.39, 0.29) is 23.8 Å².